The average Bonchev–Trinajstić information content (AvgIpc) is 2.16. The monoisotopic (exact) mass is 186 g/mol. The lowest BCUT2D eigenvalue weighted by Crippen LogP contribution is -2.30. The molecule has 2 nitrogen and oxygen atoms in total. The molecular weight excluding hydrogens is 177 g/mol. The van der Waals surface area contributed by atoms with Gasteiger partial charge in [-0.15, -0.1) is 0 Å². The van der Waals surface area contributed by atoms with Gasteiger partial charge in [-0.05, 0) is 16.6 Å². The second-order valence-corrected chi connectivity index (χ2v) is 2.67. The van der Waals surface area contributed by atoms with Crippen molar-refractivity contribution in [2.75, 3.05) is 0 Å². The van der Waals surface area contributed by atoms with Gasteiger partial charge in [0.1, 0.15) is 13.3 Å². The van der Waals surface area contributed by atoms with E-state index in [1.165, 1.54) is 18.2 Å². The van der Waals surface area contributed by atoms with Crippen molar-refractivity contribution >= 4 is 12.6 Å². The molecule has 0 radical (unpaired) electrons. The fourth-order valence-corrected chi connectivity index (χ4v) is 1.06. The maximum atomic E-state index is 12.3. The highest BCUT2D eigenvalue weighted by Gasteiger charge is 2.12. The highest BCUT2D eigenvalue weighted by atomic mass is 19.1. The standard InChI is InChI=1S/C8H9BF2O2/c10-4-6-1-2-8(9(12)13)3-7(6)5-11/h1-3,12-13H,4-5H2. The maximum absolute atomic E-state index is 12.3. The van der Waals surface area contributed by atoms with E-state index < -0.39 is 20.5 Å². The van der Waals surface area contributed by atoms with Crippen molar-refractivity contribution in [2.24, 2.45) is 0 Å². The van der Waals surface area contributed by atoms with Crippen LogP contribution in [0.1, 0.15) is 11.1 Å². The molecule has 0 bridgehead atoms. The van der Waals surface area contributed by atoms with Crippen LogP contribution in [0.4, 0.5) is 8.78 Å². The molecular formula is C8H9BF2O2. The van der Waals surface area contributed by atoms with Gasteiger partial charge in [0.15, 0.2) is 0 Å². The minimum absolute atomic E-state index is 0.160. The summed E-state index contributed by atoms with van der Waals surface area (Å²) in [6.45, 7) is -1.55. The molecule has 0 amide bonds. The Morgan fingerprint density at radius 3 is 2.15 bits per heavy atom. The van der Waals surface area contributed by atoms with Crippen molar-refractivity contribution in [1.29, 1.82) is 0 Å². The summed E-state index contributed by atoms with van der Waals surface area (Å²) in [5, 5.41) is 17.5. The first kappa shape index (κ1) is 10.1. The third-order valence-electron chi connectivity index (χ3n) is 1.82. The zero-order valence-corrected chi connectivity index (χ0v) is 6.87. The van der Waals surface area contributed by atoms with Crippen molar-refractivity contribution in [2.45, 2.75) is 13.3 Å². The molecule has 13 heavy (non-hydrogen) atoms. The van der Waals surface area contributed by atoms with E-state index in [-0.39, 0.29) is 16.6 Å². The summed E-state index contributed by atoms with van der Waals surface area (Å²) < 4.78 is 24.5. The lowest BCUT2D eigenvalue weighted by atomic mass is 9.79. The summed E-state index contributed by atoms with van der Waals surface area (Å²) in [6, 6.07) is 3.96. The van der Waals surface area contributed by atoms with Crippen LogP contribution in [0.25, 0.3) is 0 Å². The molecule has 0 aliphatic carbocycles. The molecule has 2 N–H and O–H groups in total. The molecule has 1 rings (SSSR count). The normalized spacial score (nSPS) is 10.2. The Labute approximate surface area is 75.0 Å². The van der Waals surface area contributed by atoms with E-state index in [0.717, 1.165) is 0 Å². The highest BCUT2D eigenvalue weighted by Crippen LogP contribution is 2.10. The zero-order chi connectivity index (χ0) is 9.84. The molecule has 0 aromatic heterocycles. The Kier molecular flexibility index (Phi) is 3.39. The number of hydrogen-bond acceptors (Lipinski definition) is 2. The van der Waals surface area contributed by atoms with Crippen LogP contribution < -0.4 is 5.46 Å². The van der Waals surface area contributed by atoms with E-state index in [2.05, 4.69) is 0 Å². The van der Waals surface area contributed by atoms with Crippen molar-refractivity contribution in [3.63, 3.8) is 0 Å². The summed E-state index contributed by atoms with van der Waals surface area (Å²) in [5.74, 6) is 0. The molecule has 0 unspecified atom stereocenters. The van der Waals surface area contributed by atoms with Gasteiger partial charge >= 0.3 is 7.12 Å². The van der Waals surface area contributed by atoms with E-state index in [9.17, 15) is 8.78 Å². The van der Waals surface area contributed by atoms with Crippen LogP contribution >= 0.6 is 0 Å². The number of alkyl halides is 2. The van der Waals surface area contributed by atoms with Crippen LogP contribution in [0.15, 0.2) is 18.2 Å². The third kappa shape index (κ3) is 2.26. The molecule has 70 valence electrons. The van der Waals surface area contributed by atoms with E-state index >= 15 is 0 Å². The summed E-state index contributed by atoms with van der Waals surface area (Å²) in [5.41, 5.74) is 0.574. The predicted octanol–water partition coefficient (Wildman–Crippen LogP) is 0.305. The Bertz CT molecular complexity index is 291. The van der Waals surface area contributed by atoms with Crippen molar-refractivity contribution in [3.8, 4) is 0 Å². The van der Waals surface area contributed by atoms with Gasteiger partial charge in [-0.1, -0.05) is 18.2 Å². The second-order valence-electron chi connectivity index (χ2n) is 2.67. The molecule has 0 fully saturated rings. The summed E-state index contributed by atoms with van der Waals surface area (Å²) in [4.78, 5) is 0. The number of halogens is 2. The SMILES string of the molecule is OB(O)c1ccc(CF)c(CF)c1. The van der Waals surface area contributed by atoms with Gasteiger partial charge in [0, 0.05) is 0 Å². The molecule has 0 atom stereocenters. The average molecular weight is 186 g/mol. The lowest BCUT2D eigenvalue weighted by Gasteiger charge is -2.05. The zero-order valence-electron chi connectivity index (χ0n) is 6.87. The maximum Gasteiger partial charge on any atom is 0.488 e. The van der Waals surface area contributed by atoms with Crippen LogP contribution in [-0.2, 0) is 13.3 Å². The van der Waals surface area contributed by atoms with Gasteiger partial charge in [-0.2, -0.15) is 0 Å². The summed E-state index contributed by atoms with van der Waals surface area (Å²) in [6.07, 6.45) is 0. The van der Waals surface area contributed by atoms with Gasteiger partial charge in [0.2, 0.25) is 0 Å². The molecule has 0 saturated carbocycles. The predicted molar refractivity (Wildman–Crippen MR) is 45.9 cm³/mol. The lowest BCUT2D eigenvalue weighted by molar-refractivity contribution is 0.425. The van der Waals surface area contributed by atoms with Gasteiger partial charge < -0.3 is 10.0 Å². The molecule has 0 aliphatic rings. The smallest absolute Gasteiger partial charge is 0.423 e. The number of rotatable bonds is 3. The molecule has 0 heterocycles. The first-order chi connectivity index (χ1) is 6.19. The topological polar surface area (TPSA) is 40.5 Å². The van der Waals surface area contributed by atoms with E-state index in [4.69, 9.17) is 10.0 Å². The second kappa shape index (κ2) is 4.34. The Hall–Kier alpha value is -0.935. The van der Waals surface area contributed by atoms with Crippen molar-refractivity contribution in [1.82, 2.24) is 0 Å². The molecule has 0 spiro atoms. The Morgan fingerprint density at radius 2 is 1.69 bits per heavy atom. The number of benzene rings is 1. The minimum atomic E-state index is -1.64. The van der Waals surface area contributed by atoms with Crippen LogP contribution in [0, 0.1) is 0 Å². The first-order valence-electron chi connectivity index (χ1n) is 3.78. The van der Waals surface area contributed by atoms with Gasteiger partial charge in [-0.3, -0.25) is 0 Å². The van der Waals surface area contributed by atoms with Crippen LogP contribution in [0.2, 0.25) is 0 Å². The van der Waals surface area contributed by atoms with Crippen molar-refractivity contribution in [3.05, 3.63) is 29.3 Å². The quantitative estimate of drug-likeness (QED) is 0.666. The summed E-state index contributed by atoms with van der Waals surface area (Å²) >= 11 is 0. The van der Waals surface area contributed by atoms with E-state index in [1.54, 1.807) is 0 Å². The van der Waals surface area contributed by atoms with Gasteiger partial charge in [-0.25, -0.2) is 8.78 Å². The molecule has 0 aliphatic heterocycles. The van der Waals surface area contributed by atoms with Gasteiger partial charge in [0.05, 0.1) is 0 Å². The first-order valence-corrected chi connectivity index (χ1v) is 3.78. The van der Waals surface area contributed by atoms with Crippen LogP contribution in [0.5, 0.6) is 0 Å². The van der Waals surface area contributed by atoms with Crippen LogP contribution in [0.3, 0.4) is 0 Å². The highest BCUT2D eigenvalue weighted by molar-refractivity contribution is 6.58. The molecule has 1 aromatic rings. The Morgan fingerprint density at radius 1 is 1.08 bits per heavy atom. The molecule has 0 saturated heterocycles. The molecule has 1 aromatic carbocycles. The van der Waals surface area contributed by atoms with E-state index in [0.29, 0.717) is 0 Å². The third-order valence-corrected chi connectivity index (χ3v) is 1.82. The minimum Gasteiger partial charge on any atom is -0.423 e. The summed E-state index contributed by atoms with van der Waals surface area (Å²) in [7, 11) is -1.64. The fraction of sp³-hybridized carbons (Fsp3) is 0.250. The fourth-order valence-electron chi connectivity index (χ4n) is 1.06. The van der Waals surface area contributed by atoms with Crippen LogP contribution in [-0.4, -0.2) is 17.2 Å². The molecule has 5 heteroatoms. The van der Waals surface area contributed by atoms with E-state index in [1.807, 2.05) is 0 Å². The largest absolute Gasteiger partial charge is 0.488 e. The van der Waals surface area contributed by atoms with Gasteiger partial charge in [0.25, 0.3) is 0 Å². The number of hydrogen-bond donors (Lipinski definition) is 2. The Balaban J connectivity index is 3.05. The van der Waals surface area contributed by atoms with Crippen molar-refractivity contribution < 1.29 is 18.8 Å².